The van der Waals surface area contributed by atoms with E-state index in [1.807, 2.05) is 37.3 Å². The Bertz CT molecular complexity index is 283. The van der Waals surface area contributed by atoms with Crippen molar-refractivity contribution in [3.05, 3.63) is 35.9 Å². The highest BCUT2D eigenvalue weighted by Gasteiger charge is 2.06. The molecular formula is C11H13BrO2. The Hall–Kier alpha value is -0.830. The van der Waals surface area contributed by atoms with Gasteiger partial charge in [-0.2, -0.15) is 0 Å². The lowest BCUT2D eigenvalue weighted by atomic mass is 10.2. The monoisotopic (exact) mass is 256 g/mol. The number of benzene rings is 1. The fourth-order valence-electron chi connectivity index (χ4n) is 1.03. The Morgan fingerprint density at radius 1 is 1.43 bits per heavy atom. The molecule has 0 aliphatic carbocycles. The van der Waals surface area contributed by atoms with Crippen molar-refractivity contribution < 1.29 is 9.53 Å². The second-order valence-electron chi connectivity index (χ2n) is 3.13. The van der Waals surface area contributed by atoms with Gasteiger partial charge in [0, 0.05) is 4.83 Å². The summed E-state index contributed by atoms with van der Waals surface area (Å²) in [6.45, 7) is 2.28. The average molecular weight is 257 g/mol. The number of alkyl halides is 1. The number of hydrogen-bond acceptors (Lipinski definition) is 2. The number of rotatable bonds is 4. The molecule has 0 saturated carbocycles. The van der Waals surface area contributed by atoms with Gasteiger partial charge in [0.2, 0.25) is 0 Å². The molecule has 0 saturated heterocycles. The van der Waals surface area contributed by atoms with Gasteiger partial charge >= 0.3 is 5.97 Å². The molecule has 0 aliphatic heterocycles. The summed E-state index contributed by atoms with van der Waals surface area (Å²) >= 11 is 3.30. The van der Waals surface area contributed by atoms with E-state index in [0.717, 1.165) is 5.56 Å². The van der Waals surface area contributed by atoms with Gasteiger partial charge in [0.25, 0.3) is 0 Å². The molecule has 1 unspecified atom stereocenters. The highest BCUT2D eigenvalue weighted by molar-refractivity contribution is 9.09. The molecule has 14 heavy (non-hydrogen) atoms. The maximum absolute atomic E-state index is 11.2. The summed E-state index contributed by atoms with van der Waals surface area (Å²) in [5.41, 5.74) is 1.02. The third-order valence-electron chi connectivity index (χ3n) is 1.69. The molecule has 0 N–H and O–H groups in total. The first-order valence-corrected chi connectivity index (χ1v) is 5.43. The predicted octanol–water partition coefficient (Wildman–Crippen LogP) is 2.90. The Balaban J connectivity index is 2.31. The maximum Gasteiger partial charge on any atom is 0.307 e. The third kappa shape index (κ3) is 4.42. The molecule has 0 amide bonds. The van der Waals surface area contributed by atoms with E-state index in [-0.39, 0.29) is 10.8 Å². The van der Waals surface area contributed by atoms with E-state index in [9.17, 15) is 4.79 Å². The van der Waals surface area contributed by atoms with Crippen LogP contribution in [0.5, 0.6) is 0 Å². The van der Waals surface area contributed by atoms with E-state index in [1.54, 1.807) is 0 Å². The zero-order chi connectivity index (χ0) is 10.4. The van der Waals surface area contributed by atoms with Gasteiger partial charge in [-0.05, 0) is 5.56 Å². The van der Waals surface area contributed by atoms with E-state index in [1.165, 1.54) is 0 Å². The molecule has 1 rings (SSSR count). The molecule has 76 valence electrons. The first kappa shape index (κ1) is 11.2. The van der Waals surface area contributed by atoms with Crippen molar-refractivity contribution in [1.82, 2.24) is 0 Å². The molecule has 0 bridgehead atoms. The van der Waals surface area contributed by atoms with Crippen LogP contribution in [0.15, 0.2) is 30.3 Å². The predicted molar refractivity (Wildman–Crippen MR) is 59.2 cm³/mol. The minimum atomic E-state index is -0.168. The minimum absolute atomic E-state index is 0.168. The summed E-state index contributed by atoms with van der Waals surface area (Å²) in [5, 5.41) is 0. The molecule has 0 fully saturated rings. The Labute approximate surface area is 92.4 Å². The molecule has 1 aromatic carbocycles. The SMILES string of the molecule is CC(Br)CC(=O)OCc1ccccc1. The van der Waals surface area contributed by atoms with Crippen LogP contribution >= 0.6 is 15.9 Å². The van der Waals surface area contributed by atoms with Crippen LogP contribution in [0.4, 0.5) is 0 Å². The van der Waals surface area contributed by atoms with Gasteiger partial charge in [-0.3, -0.25) is 4.79 Å². The lowest BCUT2D eigenvalue weighted by Crippen LogP contribution is -2.08. The van der Waals surface area contributed by atoms with Crippen molar-refractivity contribution in [2.75, 3.05) is 0 Å². The smallest absolute Gasteiger partial charge is 0.307 e. The van der Waals surface area contributed by atoms with Crippen molar-refractivity contribution in [1.29, 1.82) is 0 Å². The van der Waals surface area contributed by atoms with E-state index in [2.05, 4.69) is 15.9 Å². The summed E-state index contributed by atoms with van der Waals surface area (Å²) < 4.78 is 5.07. The zero-order valence-electron chi connectivity index (χ0n) is 8.07. The number of carbonyl (C=O) groups excluding carboxylic acids is 1. The fourth-order valence-corrected chi connectivity index (χ4v) is 1.29. The number of esters is 1. The van der Waals surface area contributed by atoms with Gasteiger partial charge in [-0.1, -0.05) is 53.2 Å². The molecule has 2 nitrogen and oxygen atoms in total. The zero-order valence-corrected chi connectivity index (χ0v) is 9.66. The summed E-state index contributed by atoms with van der Waals surface area (Å²) in [6, 6.07) is 9.66. The molecule has 0 aliphatic rings. The maximum atomic E-state index is 11.2. The van der Waals surface area contributed by atoms with Gasteiger partial charge in [0.05, 0.1) is 6.42 Å². The number of ether oxygens (including phenoxy) is 1. The number of hydrogen-bond donors (Lipinski definition) is 0. The van der Waals surface area contributed by atoms with Crippen LogP contribution in [0.3, 0.4) is 0 Å². The van der Waals surface area contributed by atoms with Gasteiger partial charge in [-0.15, -0.1) is 0 Å². The van der Waals surface area contributed by atoms with E-state index >= 15 is 0 Å². The Kier molecular flexibility index (Phi) is 4.66. The van der Waals surface area contributed by atoms with Crippen LogP contribution in [0, 0.1) is 0 Å². The van der Waals surface area contributed by atoms with Crippen molar-refractivity contribution in [3.8, 4) is 0 Å². The van der Waals surface area contributed by atoms with E-state index in [4.69, 9.17) is 4.74 Å². The number of carbonyl (C=O) groups is 1. The molecule has 1 aromatic rings. The van der Waals surface area contributed by atoms with Crippen LogP contribution in [0.2, 0.25) is 0 Å². The third-order valence-corrected chi connectivity index (χ3v) is 2.01. The molecule has 0 heterocycles. The lowest BCUT2D eigenvalue weighted by Gasteiger charge is -2.05. The topological polar surface area (TPSA) is 26.3 Å². The first-order chi connectivity index (χ1) is 6.68. The minimum Gasteiger partial charge on any atom is -0.461 e. The van der Waals surface area contributed by atoms with Gasteiger partial charge in [-0.25, -0.2) is 0 Å². The quantitative estimate of drug-likeness (QED) is 0.612. The van der Waals surface area contributed by atoms with Crippen molar-refractivity contribution >= 4 is 21.9 Å². The van der Waals surface area contributed by atoms with Gasteiger partial charge in [0.15, 0.2) is 0 Å². The Morgan fingerprint density at radius 3 is 2.64 bits per heavy atom. The second kappa shape index (κ2) is 5.81. The highest BCUT2D eigenvalue weighted by atomic mass is 79.9. The summed E-state index contributed by atoms with van der Waals surface area (Å²) in [4.78, 5) is 11.3. The van der Waals surface area contributed by atoms with Crippen LogP contribution in [-0.4, -0.2) is 10.8 Å². The summed E-state index contributed by atoms with van der Waals surface area (Å²) in [5.74, 6) is -0.168. The molecule has 1 atom stereocenters. The average Bonchev–Trinajstić information content (AvgIpc) is 2.15. The fraction of sp³-hybridized carbons (Fsp3) is 0.364. The van der Waals surface area contributed by atoms with Gasteiger partial charge in [0.1, 0.15) is 6.61 Å². The van der Waals surface area contributed by atoms with E-state index < -0.39 is 0 Å². The first-order valence-electron chi connectivity index (χ1n) is 4.52. The normalized spacial score (nSPS) is 12.1. The second-order valence-corrected chi connectivity index (χ2v) is 4.69. The van der Waals surface area contributed by atoms with E-state index in [0.29, 0.717) is 13.0 Å². The van der Waals surface area contributed by atoms with Crippen LogP contribution in [0.25, 0.3) is 0 Å². The van der Waals surface area contributed by atoms with Crippen molar-refractivity contribution in [3.63, 3.8) is 0 Å². The highest BCUT2D eigenvalue weighted by Crippen LogP contribution is 2.06. The largest absolute Gasteiger partial charge is 0.461 e. The molecule has 0 spiro atoms. The van der Waals surface area contributed by atoms with Crippen LogP contribution in [0.1, 0.15) is 18.9 Å². The number of halogens is 1. The summed E-state index contributed by atoms with van der Waals surface area (Å²) in [6.07, 6.45) is 0.410. The standard InChI is InChI=1S/C11H13BrO2/c1-9(12)7-11(13)14-8-10-5-3-2-4-6-10/h2-6,9H,7-8H2,1H3. The van der Waals surface area contributed by atoms with Crippen LogP contribution in [-0.2, 0) is 16.1 Å². The molecular weight excluding hydrogens is 244 g/mol. The molecule has 0 radical (unpaired) electrons. The van der Waals surface area contributed by atoms with Gasteiger partial charge < -0.3 is 4.74 Å². The van der Waals surface area contributed by atoms with Crippen LogP contribution < -0.4 is 0 Å². The molecule has 0 aromatic heterocycles. The summed E-state index contributed by atoms with van der Waals surface area (Å²) in [7, 11) is 0. The molecule has 3 heteroatoms. The lowest BCUT2D eigenvalue weighted by molar-refractivity contribution is -0.144. The van der Waals surface area contributed by atoms with Crippen molar-refractivity contribution in [2.45, 2.75) is 24.8 Å². The Morgan fingerprint density at radius 2 is 2.07 bits per heavy atom. The van der Waals surface area contributed by atoms with Crippen molar-refractivity contribution in [2.24, 2.45) is 0 Å².